The summed E-state index contributed by atoms with van der Waals surface area (Å²) < 4.78 is 32.6. The van der Waals surface area contributed by atoms with Crippen LogP contribution in [0.4, 0.5) is 0 Å². The molecule has 1 fully saturated rings. The number of hydrogen-bond acceptors (Lipinski definition) is 4. The second kappa shape index (κ2) is 6.59. The van der Waals surface area contributed by atoms with Crippen LogP contribution in [0.25, 0.3) is 0 Å². The van der Waals surface area contributed by atoms with Gasteiger partial charge in [0, 0.05) is 16.7 Å². The summed E-state index contributed by atoms with van der Waals surface area (Å²) in [4.78, 5) is 11.2. The lowest BCUT2D eigenvalue weighted by Gasteiger charge is -2.31. The van der Waals surface area contributed by atoms with Gasteiger partial charge in [0.2, 0.25) is 10.0 Å². The molecule has 0 amide bonds. The van der Waals surface area contributed by atoms with E-state index in [0.717, 1.165) is 6.42 Å². The molecule has 0 radical (unpaired) electrons. The molecular weight excluding hydrogens is 409 g/mol. The molecule has 0 aliphatic carbocycles. The number of rotatable bonds is 4. The van der Waals surface area contributed by atoms with Gasteiger partial charge >= 0.3 is 5.97 Å². The zero-order valence-corrected chi connectivity index (χ0v) is 14.4. The van der Waals surface area contributed by atoms with Crippen molar-refractivity contribution in [2.45, 2.75) is 24.3 Å². The summed E-state index contributed by atoms with van der Waals surface area (Å²) in [6.45, 7) is 2.88. The Bertz CT molecular complexity index is 646. The number of carboxylic acid groups (broad SMARTS) is 1. The first-order valence-electron chi connectivity index (χ1n) is 6.51. The molecule has 116 valence electrons. The number of ether oxygens (including phenoxy) is 1. The first kappa shape index (κ1) is 16.7. The summed E-state index contributed by atoms with van der Waals surface area (Å²) in [6, 6.07) is 4.17. The molecule has 21 heavy (non-hydrogen) atoms. The fourth-order valence-corrected chi connectivity index (χ4v) is 4.18. The molecule has 1 aliphatic rings. The normalized spacial score (nSPS) is 20.4. The lowest BCUT2D eigenvalue weighted by atomic mass is 10.2. The van der Waals surface area contributed by atoms with E-state index >= 15 is 0 Å². The van der Waals surface area contributed by atoms with Gasteiger partial charge in [-0.2, -0.15) is 4.31 Å². The van der Waals surface area contributed by atoms with E-state index in [1.807, 2.05) is 29.5 Å². The van der Waals surface area contributed by atoms with Crippen molar-refractivity contribution in [2.75, 3.05) is 19.7 Å². The smallest absolute Gasteiger partial charge is 0.336 e. The highest BCUT2D eigenvalue weighted by molar-refractivity contribution is 14.1. The van der Waals surface area contributed by atoms with E-state index < -0.39 is 16.0 Å². The Labute approximate surface area is 137 Å². The average molecular weight is 425 g/mol. The maximum absolute atomic E-state index is 12.6. The fourth-order valence-electron chi connectivity index (χ4n) is 2.14. The molecule has 1 unspecified atom stereocenters. The first-order chi connectivity index (χ1) is 9.86. The summed E-state index contributed by atoms with van der Waals surface area (Å²) in [5.74, 6) is -1.13. The van der Waals surface area contributed by atoms with Gasteiger partial charge in [0.25, 0.3) is 0 Å². The Morgan fingerprint density at radius 1 is 1.52 bits per heavy atom. The van der Waals surface area contributed by atoms with Crippen LogP contribution < -0.4 is 0 Å². The van der Waals surface area contributed by atoms with Crippen LogP contribution in [0.3, 0.4) is 0 Å². The van der Waals surface area contributed by atoms with Crippen molar-refractivity contribution in [1.29, 1.82) is 0 Å². The van der Waals surface area contributed by atoms with Crippen LogP contribution in [-0.2, 0) is 14.8 Å². The van der Waals surface area contributed by atoms with Gasteiger partial charge in [-0.3, -0.25) is 0 Å². The third-order valence-electron chi connectivity index (χ3n) is 3.36. The largest absolute Gasteiger partial charge is 0.478 e. The van der Waals surface area contributed by atoms with Gasteiger partial charge in [-0.1, -0.05) is 6.92 Å². The van der Waals surface area contributed by atoms with E-state index in [9.17, 15) is 13.2 Å². The third kappa shape index (κ3) is 3.55. The number of carboxylic acids is 1. The summed E-state index contributed by atoms with van der Waals surface area (Å²) in [5, 5.41) is 9.11. The summed E-state index contributed by atoms with van der Waals surface area (Å²) in [6.07, 6.45) is 0.621. The van der Waals surface area contributed by atoms with Gasteiger partial charge in [0.05, 0.1) is 23.2 Å². The first-order valence-corrected chi connectivity index (χ1v) is 9.02. The van der Waals surface area contributed by atoms with Crippen LogP contribution in [-0.4, -0.2) is 49.6 Å². The number of sulfonamides is 1. The lowest BCUT2D eigenvalue weighted by Crippen LogP contribution is -2.45. The highest BCUT2D eigenvalue weighted by Gasteiger charge is 2.30. The molecule has 0 aromatic heterocycles. The van der Waals surface area contributed by atoms with Crippen LogP contribution in [0.5, 0.6) is 0 Å². The van der Waals surface area contributed by atoms with Crippen LogP contribution in [0.2, 0.25) is 0 Å². The quantitative estimate of drug-likeness (QED) is 0.744. The molecule has 1 heterocycles. The Morgan fingerprint density at radius 2 is 2.24 bits per heavy atom. The number of hydrogen-bond donors (Lipinski definition) is 1. The zero-order chi connectivity index (χ0) is 15.6. The second-order valence-electron chi connectivity index (χ2n) is 4.71. The molecular formula is C13H16INO5S. The number of aromatic carboxylic acids is 1. The maximum atomic E-state index is 12.6. The van der Waals surface area contributed by atoms with Crippen LogP contribution in [0, 0.1) is 3.57 Å². The van der Waals surface area contributed by atoms with E-state index in [1.165, 1.54) is 22.5 Å². The fraction of sp³-hybridized carbons (Fsp3) is 0.462. The molecule has 1 aromatic carbocycles. The van der Waals surface area contributed by atoms with Crippen molar-refractivity contribution in [1.82, 2.24) is 4.31 Å². The molecule has 0 spiro atoms. The van der Waals surface area contributed by atoms with Gasteiger partial charge in [-0.25, -0.2) is 13.2 Å². The van der Waals surface area contributed by atoms with Gasteiger partial charge < -0.3 is 9.84 Å². The van der Waals surface area contributed by atoms with E-state index in [1.54, 1.807) is 0 Å². The summed E-state index contributed by atoms with van der Waals surface area (Å²) in [5.41, 5.74) is -0.00280. The number of morpholine rings is 1. The van der Waals surface area contributed by atoms with Gasteiger partial charge in [0.1, 0.15) is 0 Å². The van der Waals surface area contributed by atoms with Crippen LogP contribution in [0.15, 0.2) is 23.1 Å². The minimum atomic E-state index is -3.69. The van der Waals surface area contributed by atoms with E-state index in [4.69, 9.17) is 9.84 Å². The molecule has 1 N–H and O–H groups in total. The third-order valence-corrected chi connectivity index (χ3v) is 6.16. The highest BCUT2D eigenvalue weighted by atomic mass is 127. The summed E-state index contributed by atoms with van der Waals surface area (Å²) >= 11 is 1.87. The maximum Gasteiger partial charge on any atom is 0.336 e. The lowest BCUT2D eigenvalue weighted by molar-refractivity contribution is -0.00278. The minimum Gasteiger partial charge on any atom is -0.478 e. The molecule has 1 aliphatic heterocycles. The van der Waals surface area contributed by atoms with Crippen molar-refractivity contribution >= 4 is 38.6 Å². The van der Waals surface area contributed by atoms with Crippen molar-refractivity contribution in [3.8, 4) is 0 Å². The Hall–Kier alpha value is -0.710. The predicted molar refractivity (Wildman–Crippen MR) is 84.9 cm³/mol. The van der Waals surface area contributed by atoms with Gasteiger partial charge in [-0.05, 0) is 47.2 Å². The van der Waals surface area contributed by atoms with Gasteiger partial charge in [-0.15, -0.1) is 0 Å². The van der Waals surface area contributed by atoms with Crippen molar-refractivity contribution < 1.29 is 23.1 Å². The molecule has 0 bridgehead atoms. The number of nitrogens with zero attached hydrogens (tertiary/aromatic N) is 1. The minimum absolute atomic E-state index is 0.00280. The molecule has 8 heteroatoms. The van der Waals surface area contributed by atoms with Crippen LogP contribution in [0.1, 0.15) is 23.7 Å². The zero-order valence-electron chi connectivity index (χ0n) is 11.5. The monoisotopic (exact) mass is 425 g/mol. The molecule has 1 aromatic rings. The van der Waals surface area contributed by atoms with Gasteiger partial charge in [0.15, 0.2) is 0 Å². The van der Waals surface area contributed by atoms with E-state index in [2.05, 4.69) is 0 Å². The van der Waals surface area contributed by atoms with Crippen molar-refractivity contribution in [2.24, 2.45) is 0 Å². The standard InChI is InChI=1S/C13H16INO5S/c1-2-9-8-15(5-6-20-9)21(18,19)10-3-4-12(14)11(7-10)13(16)17/h3-4,7,9H,2,5-6,8H2,1H3,(H,16,17). The number of halogens is 1. The predicted octanol–water partition coefficient (Wildman–Crippen LogP) is 1.79. The van der Waals surface area contributed by atoms with E-state index in [-0.39, 0.29) is 23.1 Å². The second-order valence-corrected chi connectivity index (χ2v) is 7.81. The molecule has 1 atom stereocenters. The Morgan fingerprint density at radius 3 is 2.86 bits per heavy atom. The highest BCUT2D eigenvalue weighted by Crippen LogP contribution is 2.23. The average Bonchev–Trinajstić information content (AvgIpc) is 2.47. The topological polar surface area (TPSA) is 83.9 Å². The molecule has 1 saturated heterocycles. The SMILES string of the molecule is CCC1CN(S(=O)(=O)c2ccc(I)c(C(=O)O)c2)CCO1. The molecule has 6 nitrogen and oxygen atoms in total. The molecule has 0 saturated carbocycles. The van der Waals surface area contributed by atoms with Crippen molar-refractivity contribution in [3.05, 3.63) is 27.3 Å². The number of carbonyl (C=O) groups is 1. The summed E-state index contributed by atoms with van der Waals surface area (Å²) in [7, 11) is -3.69. The van der Waals surface area contributed by atoms with Crippen molar-refractivity contribution in [3.63, 3.8) is 0 Å². The Kier molecular flexibility index (Phi) is 5.23. The van der Waals surface area contributed by atoms with E-state index in [0.29, 0.717) is 16.7 Å². The molecule has 2 rings (SSSR count). The number of benzene rings is 1. The van der Waals surface area contributed by atoms with Crippen LogP contribution >= 0.6 is 22.6 Å². The Balaban J connectivity index is 2.35.